The summed E-state index contributed by atoms with van der Waals surface area (Å²) in [6.07, 6.45) is -6.53. The van der Waals surface area contributed by atoms with Crippen molar-refractivity contribution in [2.45, 2.75) is 12.3 Å². The topological polar surface area (TPSA) is 20.2 Å². The highest BCUT2D eigenvalue weighted by atomic mass is 79.9. The molecule has 0 aliphatic heterocycles. The molecule has 0 fully saturated rings. The highest BCUT2D eigenvalue weighted by Gasteiger charge is 2.32. The van der Waals surface area contributed by atoms with Crippen molar-refractivity contribution in [3.05, 3.63) is 69.2 Å². The number of alkyl halides is 3. The highest BCUT2D eigenvalue weighted by molar-refractivity contribution is 9.10. The Labute approximate surface area is 125 Å². The Balaban J connectivity index is 2.53. The minimum Gasteiger partial charge on any atom is -0.383 e. The monoisotopic (exact) mass is 366 g/mol. The fraction of sp³-hybridized carbons (Fsp3) is 0.143. The summed E-state index contributed by atoms with van der Waals surface area (Å²) in [5, 5.41) is 10.00. The van der Waals surface area contributed by atoms with Crippen LogP contribution in [0.15, 0.2) is 40.9 Å². The first-order valence-electron chi connectivity index (χ1n) is 5.70. The van der Waals surface area contributed by atoms with Crippen LogP contribution in [-0.4, -0.2) is 5.11 Å². The van der Waals surface area contributed by atoms with Gasteiger partial charge in [0, 0.05) is 11.1 Å². The van der Waals surface area contributed by atoms with Gasteiger partial charge in [-0.05, 0) is 40.2 Å². The first kappa shape index (κ1) is 15.9. The van der Waals surface area contributed by atoms with E-state index in [4.69, 9.17) is 0 Å². The Morgan fingerprint density at radius 3 is 2.29 bits per heavy atom. The molecule has 112 valence electrons. The van der Waals surface area contributed by atoms with E-state index in [0.29, 0.717) is 18.2 Å². The lowest BCUT2D eigenvalue weighted by atomic mass is 9.98. The van der Waals surface area contributed by atoms with Crippen LogP contribution in [0.3, 0.4) is 0 Å². The second-order valence-corrected chi connectivity index (χ2v) is 5.13. The molecule has 2 aromatic carbocycles. The van der Waals surface area contributed by atoms with Crippen LogP contribution in [0.4, 0.5) is 22.0 Å². The van der Waals surface area contributed by atoms with Crippen molar-refractivity contribution in [2.24, 2.45) is 0 Å². The molecule has 1 atom stereocenters. The van der Waals surface area contributed by atoms with Crippen LogP contribution in [0.25, 0.3) is 0 Å². The van der Waals surface area contributed by atoms with Crippen LogP contribution in [0.2, 0.25) is 0 Å². The zero-order valence-corrected chi connectivity index (χ0v) is 11.8. The second-order valence-electron chi connectivity index (χ2n) is 4.28. The van der Waals surface area contributed by atoms with Crippen LogP contribution >= 0.6 is 15.9 Å². The third kappa shape index (κ3) is 3.24. The smallest absolute Gasteiger partial charge is 0.383 e. The fourth-order valence-corrected chi connectivity index (χ4v) is 2.21. The maximum Gasteiger partial charge on any atom is 0.416 e. The molecule has 0 aliphatic rings. The van der Waals surface area contributed by atoms with E-state index in [0.717, 1.165) is 0 Å². The van der Waals surface area contributed by atoms with Gasteiger partial charge in [0.2, 0.25) is 0 Å². The molecule has 0 amide bonds. The van der Waals surface area contributed by atoms with Gasteiger partial charge in [0.05, 0.1) is 10.0 Å². The van der Waals surface area contributed by atoms with E-state index >= 15 is 0 Å². The zero-order valence-electron chi connectivity index (χ0n) is 10.3. The van der Waals surface area contributed by atoms with E-state index in [1.165, 1.54) is 18.2 Å². The third-order valence-electron chi connectivity index (χ3n) is 2.89. The molecule has 2 rings (SSSR count). The first-order valence-corrected chi connectivity index (χ1v) is 6.49. The number of hydrogen-bond acceptors (Lipinski definition) is 1. The van der Waals surface area contributed by atoms with Crippen molar-refractivity contribution in [1.29, 1.82) is 0 Å². The molecule has 1 unspecified atom stereocenters. The molecular formula is C14H8BrF5O. The van der Waals surface area contributed by atoms with Crippen molar-refractivity contribution in [2.75, 3.05) is 0 Å². The van der Waals surface area contributed by atoms with E-state index in [1.807, 2.05) is 0 Å². The normalized spacial score (nSPS) is 13.3. The molecule has 0 heterocycles. The van der Waals surface area contributed by atoms with E-state index in [2.05, 4.69) is 15.9 Å². The van der Waals surface area contributed by atoms with Gasteiger partial charge in [0.1, 0.15) is 17.7 Å². The quantitative estimate of drug-likeness (QED) is 0.755. The molecule has 7 heteroatoms. The van der Waals surface area contributed by atoms with Crippen molar-refractivity contribution < 1.29 is 27.1 Å². The Bertz CT molecular complexity index is 669. The zero-order chi connectivity index (χ0) is 15.8. The SMILES string of the molecule is OC(c1cc(C(F)(F)F)ccc1F)c1cccc(Br)c1F. The molecular weight excluding hydrogens is 359 g/mol. The van der Waals surface area contributed by atoms with Crippen molar-refractivity contribution in [3.8, 4) is 0 Å². The molecule has 2 aromatic rings. The molecule has 1 N–H and O–H groups in total. The van der Waals surface area contributed by atoms with E-state index in [9.17, 15) is 27.1 Å². The minimum absolute atomic E-state index is 0.0198. The Kier molecular flexibility index (Phi) is 4.34. The number of aliphatic hydroxyl groups is 1. The molecule has 0 aromatic heterocycles. The summed E-state index contributed by atoms with van der Waals surface area (Å²) in [7, 11) is 0. The summed E-state index contributed by atoms with van der Waals surface area (Å²) in [5.41, 5.74) is -2.07. The number of aliphatic hydroxyl groups excluding tert-OH is 1. The number of hydrogen-bond donors (Lipinski definition) is 1. The minimum atomic E-state index is -4.68. The summed E-state index contributed by atoms with van der Waals surface area (Å²) in [6.45, 7) is 0. The third-order valence-corrected chi connectivity index (χ3v) is 3.51. The fourth-order valence-electron chi connectivity index (χ4n) is 1.83. The molecule has 21 heavy (non-hydrogen) atoms. The van der Waals surface area contributed by atoms with Crippen LogP contribution in [0.1, 0.15) is 22.8 Å². The van der Waals surface area contributed by atoms with E-state index < -0.39 is 35.0 Å². The van der Waals surface area contributed by atoms with Crippen molar-refractivity contribution >= 4 is 15.9 Å². The lowest BCUT2D eigenvalue weighted by molar-refractivity contribution is -0.137. The maximum atomic E-state index is 13.9. The van der Waals surface area contributed by atoms with Crippen molar-refractivity contribution in [3.63, 3.8) is 0 Å². The van der Waals surface area contributed by atoms with Gasteiger partial charge in [-0.3, -0.25) is 0 Å². The second kappa shape index (κ2) is 5.73. The summed E-state index contributed by atoms with van der Waals surface area (Å²) in [5.74, 6) is -1.91. The predicted octanol–water partition coefficient (Wildman–Crippen LogP) is 4.83. The molecule has 0 bridgehead atoms. The van der Waals surface area contributed by atoms with Gasteiger partial charge in [-0.25, -0.2) is 8.78 Å². The Morgan fingerprint density at radius 2 is 1.67 bits per heavy atom. The largest absolute Gasteiger partial charge is 0.416 e. The predicted molar refractivity (Wildman–Crippen MR) is 69.6 cm³/mol. The molecule has 0 saturated carbocycles. The summed E-state index contributed by atoms with van der Waals surface area (Å²) < 4.78 is 65.4. The Morgan fingerprint density at radius 1 is 1.00 bits per heavy atom. The van der Waals surface area contributed by atoms with E-state index in [-0.39, 0.29) is 10.0 Å². The maximum absolute atomic E-state index is 13.9. The lowest BCUT2D eigenvalue weighted by Crippen LogP contribution is -2.10. The van der Waals surface area contributed by atoms with E-state index in [1.54, 1.807) is 0 Å². The Hall–Kier alpha value is -1.47. The van der Waals surface area contributed by atoms with Crippen LogP contribution in [0, 0.1) is 11.6 Å². The number of halogens is 6. The van der Waals surface area contributed by atoms with Gasteiger partial charge in [0.15, 0.2) is 0 Å². The average molecular weight is 367 g/mol. The molecule has 1 nitrogen and oxygen atoms in total. The van der Waals surface area contributed by atoms with Gasteiger partial charge in [-0.1, -0.05) is 12.1 Å². The summed E-state index contributed by atoms with van der Waals surface area (Å²) in [6, 6.07) is 5.54. The first-order chi connectivity index (χ1) is 9.71. The highest BCUT2D eigenvalue weighted by Crippen LogP contribution is 2.34. The molecule has 0 saturated heterocycles. The van der Waals surface area contributed by atoms with Crippen molar-refractivity contribution in [1.82, 2.24) is 0 Å². The molecule has 0 spiro atoms. The average Bonchev–Trinajstić information content (AvgIpc) is 2.40. The van der Waals surface area contributed by atoms with Crippen LogP contribution in [-0.2, 0) is 6.18 Å². The van der Waals surface area contributed by atoms with Gasteiger partial charge in [-0.2, -0.15) is 13.2 Å². The van der Waals surface area contributed by atoms with Gasteiger partial charge >= 0.3 is 6.18 Å². The lowest BCUT2D eigenvalue weighted by Gasteiger charge is -2.16. The molecule has 0 aliphatic carbocycles. The number of rotatable bonds is 2. The van der Waals surface area contributed by atoms with Crippen LogP contribution in [0.5, 0.6) is 0 Å². The standard InChI is InChI=1S/C14H8BrF5O/c15-10-3-1-2-8(12(10)17)13(21)9-6-7(14(18,19)20)4-5-11(9)16/h1-6,13,21H. The number of benzene rings is 2. The van der Waals surface area contributed by atoms with Gasteiger partial charge in [0.25, 0.3) is 0 Å². The van der Waals surface area contributed by atoms with Gasteiger partial charge < -0.3 is 5.11 Å². The summed E-state index contributed by atoms with van der Waals surface area (Å²) >= 11 is 2.89. The summed E-state index contributed by atoms with van der Waals surface area (Å²) in [4.78, 5) is 0. The molecule has 0 radical (unpaired) electrons. The van der Waals surface area contributed by atoms with Gasteiger partial charge in [-0.15, -0.1) is 0 Å². The van der Waals surface area contributed by atoms with Crippen LogP contribution < -0.4 is 0 Å².